The maximum atomic E-state index is 13.3. The van der Waals surface area contributed by atoms with E-state index in [1.54, 1.807) is 18.1 Å². The summed E-state index contributed by atoms with van der Waals surface area (Å²) in [6.07, 6.45) is 1.54. The van der Waals surface area contributed by atoms with Gasteiger partial charge in [-0.2, -0.15) is 5.10 Å². The number of nitrogens with zero attached hydrogens (tertiary/aromatic N) is 3. The van der Waals surface area contributed by atoms with Crippen LogP contribution >= 0.6 is 15.9 Å². The van der Waals surface area contributed by atoms with Gasteiger partial charge in [0, 0.05) is 12.6 Å². The molecule has 0 radical (unpaired) electrons. The molecule has 1 aromatic carbocycles. The summed E-state index contributed by atoms with van der Waals surface area (Å²) in [5.41, 5.74) is 0.256. The second-order valence-electron chi connectivity index (χ2n) is 3.65. The maximum absolute atomic E-state index is 13.3. The van der Waals surface area contributed by atoms with Crippen molar-refractivity contribution in [3.8, 4) is 0 Å². The molecule has 5 nitrogen and oxygen atoms in total. The molecular weight excluding hydrogens is 303 g/mol. The second-order valence-corrected chi connectivity index (χ2v) is 4.50. The molecule has 0 aliphatic heterocycles. The average Bonchev–Trinajstić information content (AvgIpc) is 2.75. The van der Waals surface area contributed by atoms with Crippen LogP contribution in [0.2, 0.25) is 0 Å². The van der Waals surface area contributed by atoms with Crippen LogP contribution in [0.3, 0.4) is 0 Å². The van der Waals surface area contributed by atoms with Crippen molar-refractivity contribution in [2.75, 3.05) is 0 Å². The number of halogens is 2. The predicted molar refractivity (Wildman–Crippen MR) is 66.3 cm³/mol. The molecule has 0 bridgehead atoms. The smallest absolute Gasteiger partial charge is 0.251 e. The van der Waals surface area contributed by atoms with Gasteiger partial charge < -0.3 is 5.32 Å². The molecule has 2 aromatic rings. The van der Waals surface area contributed by atoms with Crippen molar-refractivity contribution in [3.05, 3.63) is 46.2 Å². The second kappa shape index (κ2) is 5.26. The largest absolute Gasteiger partial charge is 0.345 e. The molecule has 94 valence electrons. The molecule has 0 saturated carbocycles. The fraction of sp³-hybridized carbons (Fsp3) is 0.182. The van der Waals surface area contributed by atoms with Crippen LogP contribution in [0.15, 0.2) is 29.0 Å². The van der Waals surface area contributed by atoms with Crippen molar-refractivity contribution in [3.63, 3.8) is 0 Å². The van der Waals surface area contributed by atoms with Crippen LogP contribution in [-0.4, -0.2) is 20.7 Å². The lowest BCUT2D eigenvalue weighted by molar-refractivity contribution is 0.0949. The Balaban J connectivity index is 2.01. The molecule has 1 aromatic heterocycles. The summed E-state index contributed by atoms with van der Waals surface area (Å²) < 4.78 is 15.1. The third-order valence-electron chi connectivity index (χ3n) is 2.24. The lowest BCUT2D eigenvalue weighted by Crippen LogP contribution is -2.23. The Kier molecular flexibility index (Phi) is 3.71. The summed E-state index contributed by atoms with van der Waals surface area (Å²) in [4.78, 5) is 15.7. The Morgan fingerprint density at radius 3 is 2.94 bits per heavy atom. The number of hydrogen-bond donors (Lipinski definition) is 1. The van der Waals surface area contributed by atoms with Gasteiger partial charge in [0.15, 0.2) is 5.82 Å². The normalized spacial score (nSPS) is 10.4. The number of aromatic nitrogens is 3. The Bertz CT molecular complexity index is 584. The molecule has 0 aliphatic carbocycles. The molecule has 0 fully saturated rings. The zero-order valence-corrected chi connectivity index (χ0v) is 11.1. The molecule has 2 rings (SSSR count). The van der Waals surface area contributed by atoms with Gasteiger partial charge in [0.1, 0.15) is 12.1 Å². The number of aryl methyl sites for hydroxylation is 1. The molecule has 0 unspecified atom stereocenters. The highest BCUT2D eigenvalue weighted by atomic mass is 79.9. The van der Waals surface area contributed by atoms with Crippen LogP contribution in [0, 0.1) is 5.82 Å². The Labute approximate surface area is 111 Å². The summed E-state index contributed by atoms with van der Waals surface area (Å²) in [7, 11) is 1.74. The van der Waals surface area contributed by atoms with Gasteiger partial charge in [-0.3, -0.25) is 9.48 Å². The summed E-state index contributed by atoms with van der Waals surface area (Å²) in [5.74, 6) is -0.337. The molecule has 1 heterocycles. The van der Waals surface area contributed by atoms with E-state index < -0.39 is 5.82 Å². The van der Waals surface area contributed by atoms with Crippen LogP contribution < -0.4 is 5.32 Å². The van der Waals surface area contributed by atoms with Crippen LogP contribution in [0.25, 0.3) is 0 Å². The number of rotatable bonds is 3. The average molecular weight is 313 g/mol. The Morgan fingerprint density at radius 1 is 1.56 bits per heavy atom. The van der Waals surface area contributed by atoms with Crippen molar-refractivity contribution in [1.29, 1.82) is 0 Å². The van der Waals surface area contributed by atoms with Crippen LogP contribution in [0.4, 0.5) is 4.39 Å². The minimum atomic E-state index is -0.474. The Hall–Kier alpha value is -1.76. The van der Waals surface area contributed by atoms with Gasteiger partial charge in [-0.1, -0.05) is 0 Å². The first-order chi connectivity index (χ1) is 8.56. The van der Waals surface area contributed by atoms with Crippen LogP contribution in [0.5, 0.6) is 0 Å². The first-order valence-corrected chi connectivity index (χ1v) is 5.93. The number of carbonyl (C=O) groups is 1. The van der Waals surface area contributed by atoms with Gasteiger partial charge in [-0.15, -0.1) is 0 Å². The molecular formula is C11H10BrFN4O. The number of carbonyl (C=O) groups excluding carboxylic acids is 1. The van der Waals surface area contributed by atoms with Gasteiger partial charge >= 0.3 is 0 Å². The predicted octanol–water partition coefficient (Wildman–Crippen LogP) is 1.65. The van der Waals surface area contributed by atoms with Gasteiger partial charge in [0.2, 0.25) is 0 Å². The third-order valence-corrected chi connectivity index (χ3v) is 2.88. The zero-order valence-electron chi connectivity index (χ0n) is 9.52. The zero-order chi connectivity index (χ0) is 13.1. The third kappa shape index (κ3) is 2.92. The highest BCUT2D eigenvalue weighted by Gasteiger charge is 2.09. The minimum Gasteiger partial charge on any atom is -0.345 e. The number of hydrogen-bond acceptors (Lipinski definition) is 3. The van der Waals surface area contributed by atoms with E-state index in [-0.39, 0.29) is 18.0 Å². The highest BCUT2D eigenvalue weighted by molar-refractivity contribution is 9.10. The fourth-order valence-electron chi connectivity index (χ4n) is 1.36. The summed E-state index contributed by atoms with van der Waals surface area (Å²) in [6, 6.07) is 4.20. The molecule has 18 heavy (non-hydrogen) atoms. The van der Waals surface area contributed by atoms with Crippen molar-refractivity contribution in [2.45, 2.75) is 6.54 Å². The van der Waals surface area contributed by atoms with Crippen LogP contribution in [0.1, 0.15) is 16.2 Å². The van der Waals surface area contributed by atoms with E-state index in [1.807, 2.05) is 0 Å². The van der Waals surface area contributed by atoms with Gasteiger partial charge in [0.05, 0.1) is 11.0 Å². The van der Waals surface area contributed by atoms with Gasteiger partial charge in [-0.05, 0) is 34.1 Å². The van der Waals surface area contributed by atoms with E-state index >= 15 is 0 Å². The van der Waals surface area contributed by atoms with E-state index in [0.717, 1.165) is 0 Å². The number of nitrogens with one attached hydrogen (secondary N) is 1. The van der Waals surface area contributed by atoms with Crippen molar-refractivity contribution >= 4 is 21.8 Å². The summed E-state index contributed by atoms with van der Waals surface area (Å²) in [6.45, 7) is 0.206. The van der Waals surface area contributed by atoms with E-state index in [0.29, 0.717) is 10.3 Å². The summed E-state index contributed by atoms with van der Waals surface area (Å²) >= 11 is 3.03. The molecule has 1 N–H and O–H groups in total. The lowest BCUT2D eigenvalue weighted by atomic mass is 10.2. The molecule has 0 aliphatic rings. The molecule has 1 amide bonds. The quantitative estimate of drug-likeness (QED) is 0.937. The first-order valence-electron chi connectivity index (χ1n) is 5.14. The van der Waals surface area contributed by atoms with Crippen LogP contribution in [-0.2, 0) is 13.6 Å². The van der Waals surface area contributed by atoms with E-state index in [9.17, 15) is 9.18 Å². The molecule has 0 spiro atoms. The topological polar surface area (TPSA) is 59.8 Å². The van der Waals surface area contributed by atoms with Gasteiger partial charge in [0.25, 0.3) is 5.91 Å². The number of benzene rings is 1. The minimum absolute atomic E-state index is 0.206. The lowest BCUT2D eigenvalue weighted by Gasteiger charge is -2.03. The maximum Gasteiger partial charge on any atom is 0.251 e. The number of amides is 1. The highest BCUT2D eigenvalue weighted by Crippen LogP contribution is 2.16. The van der Waals surface area contributed by atoms with Crippen molar-refractivity contribution in [1.82, 2.24) is 20.1 Å². The standard InChI is InChI=1S/C11H10BrFN4O/c1-17-6-15-10(16-17)5-14-11(18)7-2-3-8(12)9(13)4-7/h2-4,6H,5H2,1H3,(H,14,18). The van der Waals surface area contributed by atoms with E-state index in [2.05, 4.69) is 31.3 Å². The van der Waals surface area contributed by atoms with Crippen molar-refractivity contribution < 1.29 is 9.18 Å². The van der Waals surface area contributed by atoms with Gasteiger partial charge in [-0.25, -0.2) is 9.37 Å². The summed E-state index contributed by atoms with van der Waals surface area (Å²) in [5, 5.41) is 6.63. The molecule has 0 saturated heterocycles. The van der Waals surface area contributed by atoms with E-state index in [4.69, 9.17) is 0 Å². The SMILES string of the molecule is Cn1cnc(CNC(=O)c2ccc(Br)c(F)c2)n1. The van der Waals surface area contributed by atoms with E-state index in [1.165, 1.54) is 18.2 Å². The molecule has 0 atom stereocenters. The monoisotopic (exact) mass is 312 g/mol. The molecule has 7 heteroatoms. The Morgan fingerprint density at radius 2 is 2.33 bits per heavy atom. The van der Waals surface area contributed by atoms with Crippen molar-refractivity contribution in [2.24, 2.45) is 7.05 Å². The first kappa shape index (κ1) is 12.7. The fourth-order valence-corrected chi connectivity index (χ4v) is 1.61.